The Balaban J connectivity index is 1.81. The summed E-state index contributed by atoms with van der Waals surface area (Å²) in [5.41, 5.74) is 8.12. The van der Waals surface area contributed by atoms with Crippen LogP contribution >= 0.6 is 15.9 Å². The highest BCUT2D eigenvalue weighted by atomic mass is 79.9. The van der Waals surface area contributed by atoms with Gasteiger partial charge in [-0.15, -0.1) is 0 Å². The molecule has 2 atom stereocenters. The van der Waals surface area contributed by atoms with Gasteiger partial charge < -0.3 is 31.8 Å². The van der Waals surface area contributed by atoms with Crippen molar-refractivity contribution < 1.29 is 19.8 Å². The van der Waals surface area contributed by atoms with Gasteiger partial charge in [0.2, 0.25) is 5.95 Å². The number of ether oxygens (including phenoxy) is 1. The van der Waals surface area contributed by atoms with Crippen molar-refractivity contribution in [2.24, 2.45) is 10.8 Å². The first-order valence-electron chi connectivity index (χ1n) is 11.9. The summed E-state index contributed by atoms with van der Waals surface area (Å²) in [4.78, 5) is 33.3. The second-order valence-corrected chi connectivity index (χ2v) is 10.5. The van der Waals surface area contributed by atoms with Crippen molar-refractivity contribution in [2.45, 2.75) is 64.1 Å². The van der Waals surface area contributed by atoms with E-state index in [-0.39, 0.29) is 23.5 Å². The Kier molecular flexibility index (Phi) is 9.53. The maximum absolute atomic E-state index is 12.4. The lowest BCUT2D eigenvalue weighted by atomic mass is 9.90. The smallest absolute Gasteiger partial charge is 0.407 e. The molecule has 2 amide bonds. The molecule has 1 fully saturated rings. The van der Waals surface area contributed by atoms with Crippen molar-refractivity contribution in [2.75, 3.05) is 10.6 Å². The third-order valence-corrected chi connectivity index (χ3v) is 5.86. The first kappa shape index (κ1) is 28.0. The molecule has 0 spiro atoms. The van der Waals surface area contributed by atoms with E-state index in [1.54, 1.807) is 5.43 Å². The highest BCUT2D eigenvalue weighted by Gasteiger charge is 2.29. The number of amides is 2. The molecule has 8 N–H and O–H groups in total. The first-order chi connectivity index (χ1) is 17.5. The summed E-state index contributed by atoms with van der Waals surface area (Å²) in [5, 5.41) is 20.5. The molecule has 198 valence electrons. The molecule has 1 aromatic heterocycles. The second kappa shape index (κ2) is 12.6. The molecule has 2 aromatic rings. The van der Waals surface area contributed by atoms with Crippen LogP contribution in [0.1, 0.15) is 56.8 Å². The minimum absolute atomic E-state index is 0.118. The normalized spacial score (nSPS) is 17.7. The Labute approximate surface area is 223 Å². The highest BCUT2D eigenvalue weighted by molar-refractivity contribution is 9.10. The number of anilines is 3. The summed E-state index contributed by atoms with van der Waals surface area (Å²) in [6, 6.07) is 5.21. The van der Waals surface area contributed by atoms with Crippen molar-refractivity contribution in [3.63, 3.8) is 0 Å². The number of benzene rings is 1. The summed E-state index contributed by atoms with van der Waals surface area (Å²) in [6.07, 6.45) is 6.93. The van der Waals surface area contributed by atoms with Gasteiger partial charge in [0, 0.05) is 40.7 Å². The molecule has 0 unspecified atom stereocenters. The number of halogens is 1. The molecule has 0 bridgehead atoms. The molecule has 0 radical (unpaired) electrons. The SMILES string of the molecule is CC(C)(C)OC(=O)N[C@H]1CCCC[C@H]1Nc1ncc(C(N)=O)c(Nc2cc(Br)cc([NH2+]/N=C\C=N)c2)n1. The monoisotopic (exact) mass is 574 g/mol. The van der Waals surface area contributed by atoms with Gasteiger partial charge in [-0.25, -0.2) is 9.78 Å². The van der Waals surface area contributed by atoms with Crippen molar-refractivity contribution in [1.29, 1.82) is 5.41 Å². The zero-order chi connectivity index (χ0) is 27.0. The largest absolute Gasteiger partial charge is 0.444 e. The number of rotatable bonds is 9. The minimum Gasteiger partial charge on any atom is -0.444 e. The van der Waals surface area contributed by atoms with E-state index < -0.39 is 17.6 Å². The van der Waals surface area contributed by atoms with Gasteiger partial charge in [-0.3, -0.25) is 4.79 Å². The van der Waals surface area contributed by atoms with Gasteiger partial charge >= 0.3 is 6.09 Å². The molecule has 13 heteroatoms. The quantitative estimate of drug-likeness (QED) is 0.115. The molecule has 1 aliphatic carbocycles. The van der Waals surface area contributed by atoms with Crippen LogP contribution in [0.2, 0.25) is 0 Å². The molecule has 1 aliphatic rings. The highest BCUT2D eigenvalue weighted by Crippen LogP contribution is 2.26. The van der Waals surface area contributed by atoms with E-state index in [1.807, 2.05) is 39.0 Å². The standard InChI is InChI=1S/C24H32BrN9O3/c1-24(2,3)37-23(36)32-19-7-5-4-6-18(19)31-22-28-13-17(20(27)35)21(33-22)30-15-10-14(25)11-16(12-15)34-29-9-8-26/h8-13,18-19,26,34H,4-7H2,1-3H3,(H2,27,35)(H,32,36)(H2,28,30,31,33)/p+1/b26-8?,29-9-/t18-,19+/m1/s1. The molecule has 1 saturated carbocycles. The zero-order valence-electron chi connectivity index (χ0n) is 21.0. The van der Waals surface area contributed by atoms with E-state index in [2.05, 4.69) is 46.9 Å². The van der Waals surface area contributed by atoms with Gasteiger partial charge in [0.1, 0.15) is 23.2 Å². The Morgan fingerprint density at radius 2 is 1.97 bits per heavy atom. The molecule has 0 saturated heterocycles. The number of nitrogens with one attached hydrogen (secondary N) is 4. The third-order valence-electron chi connectivity index (χ3n) is 5.40. The van der Waals surface area contributed by atoms with E-state index in [4.69, 9.17) is 15.9 Å². The van der Waals surface area contributed by atoms with Crippen LogP contribution in [0.3, 0.4) is 0 Å². The topological polar surface area (TPSA) is 184 Å². The van der Waals surface area contributed by atoms with E-state index in [0.29, 0.717) is 11.6 Å². The van der Waals surface area contributed by atoms with Crippen LogP contribution < -0.4 is 27.1 Å². The molecule has 0 aliphatic heterocycles. The van der Waals surface area contributed by atoms with Crippen LogP contribution in [0.5, 0.6) is 0 Å². The van der Waals surface area contributed by atoms with E-state index >= 15 is 0 Å². The number of hydrogen-bond acceptors (Lipinski definition) is 9. The summed E-state index contributed by atoms with van der Waals surface area (Å²) >= 11 is 3.47. The van der Waals surface area contributed by atoms with E-state index in [0.717, 1.165) is 42.1 Å². The van der Waals surface area contributed by atoms with Gasteiger partial charge in [-0.2, -0.15) is 10.4 Å². The van der Waals surface area contributed by atoms with Crippen LogP contribution in [-0.4, -0.2) is 52.1 Å². The maximum Gasteiger partial charge on any atom is 0.407 e. The summed E-state index contributed by atoms with van der Waals surface area (Å²) in [6.45, 7) is 5.46. The number of aromatic nitrogens is 2. The number of alkyl carbamates (subject to hydrolysis) is 1. The van der Waals surface area contributed by atoms with Crippen molar-refractivity contribution >= 4 is 63.5 Å². The molecular formula is C24H33BrN9O3+. The molecule has 37 heavy (non-hydrogen) atoms. The predicted octanol–water partition coefficient (Wildman–Crippen LogP) is 3.16. The lowest BCUT2D eigenvalue weighted by molar-refractivity contribution is -0.576. The fourth-order valence-corrected chi connectivity index (χ4v) is 4.41. The van der Waals surface area contributed by atoms with Crippen LogP contribution in [0.4, 0.5) is 27.9 Å². The molecule has 12 nitrogen and oxygen atoms in total. The summed E-state index contributed by atoms with van der Waals surface area (Å²) in [5.74, 6) is -0.134. The number of hydrogen-bond donors (Lipinski definition) is 6. The average molecular weight is 575 g/mol. The van der Waals surface area contributed by atoms with Crippen LogP contribution in [-0.2, 0) is 4.74 Å². The third kappa shape index (κ3) is 8.79. The molecule has 1 aromatic carbocycles. The van der Waals surface area contributed by atoms with Crippen molar-refractivity contribution in [1.82, 2.24) is 15.3 Å². The van der Waals surface area contributed by atoms with Gasteiger partial charge in [-0.1, -0.05) is 33.9 Å². The van der Waals surface area contributed by atoms with Crippen molar-refractivity contribution in [3.8, 4) is 0 Å². The number of primary amides is 1. The second-order valence-electron chi connectivity index (χ2n) is 9.60. The first-order valence-corrected chi connectivity index (χ1v) is 12.7. The number of nitrogens with zero attached hydrogens (tertiary/aromatic N) is 3. The summed E-state index contributed by atoms with van der Waals surface area (Å²) < 4.78 is 6.20. The Morgan fingerprint density at radius 1 is 1.24 bits per heavy atom. The fourth-order valence-electron chi connectivity index (χ4n) is 3.90. The van der Waals surface area contributed by atoms with Crippen molar-refractivity contribution in [3.05, 3.63) is 34.4 Å². The Bertz CT molecular complexity index is 1170. The lowest BCUT2D eigenvalue weighted by Crippen LogP contribution is -2.71. The van der Waals surface area contributed by atoms with Gasteiger partial charge in [0.05, 0.1) is 6.04 Å². The number of carbonyl (C=O) groups is 2. The van der Waals surface area contributed by atoms with Crippen LogP contribution in [0.25, 0.3) is 0 Å². The molecule has 1 heterocycles. The maximum atomic E-state index is 12.4. The van der Waals surface area contributed by atoms with Crippen LogP contribution in [0, 0.1) is 5.41 Å². The summed E-state index contributed by atoms with van der Waals surface area (Å²) in [7, 11) is 0. The zero-order valence-corrected chi connectivity index (χ0v) is 22.6. The molecule has 3 rings (SSSR count). The van der Waals surface area contributed by atoms with Crippen LogP contribution in [0.15, 0.2) is 34.0 Å². The Morgan fingerprint density at radius 3 is 2.65 bits per heavy atom. The van der Waals surface area contributed by atoms with E-state index in [1.165, 1.54) is 12.4 Å². The fraction of sp³-hybridized carbons (Fsp3) is 0.417. The molecular weight excluding hydrogens is 542 g/mol. The predicted molar refractivity (Wildman–Crippen MR) is 146 cm³/mol. The number of nitrogens with two attached hydrogens (primary N) is 2. The average Bonchev–Trinajstić information content (AvgIpc) is 2.79. The van der Waals surface area contributed by atoms with Gasteiger partial charge in [-0.05, 0) is 39.7 Å². The van der Waals surface area contributed by atoms with Gasteiger partial charge in [0.15, 0.2) is 5.69 Å². The lowest BCUT2D eigenvalue weighted by Gasteiger charge is -2.33. The number of quaternary nitrogens is 1. The minimum atomic E-state index is -0.673. The van der Waals surface area contributed by atoms with Gasteiger partial charge in [0.25, 0.3) is 5.91 Å². The Hall–Kier alpha value is -3.58. The number of carbonyl (C=O) groups excluding carboxylic acids is 2. The van der Waals surface area contributed by atoms with E-state index in [9.17, 15) is 9.59 Å².